The standard InChI is InChI=1S/C10H13N7OS/c11-14-9-15-16-10(17(9)12)19-6-8(18)13-7-4-2-1-3-5-7/h1-5H,6,11-12H2,(H,13,18)(H,14,15). The summed E-state index contributed by atoms with van der Waals surface area (Å²) < 4.78 is 1.18. The summed E-state index contributed by atoms with van der Waals surface area (Å²) in [6, 6.07) is 9.19. The topological polar surface area (TPSA) is 124 Å². The minimum Gasteiger partial charge on any atom is -0.334 e. The number of carbonyl (C=O) groups excluding carboxylic acids is 1. The highest BCUT2D eigenvalue weighted by Gasteiger charge is 2.11. The van der Waals surface area contributed by atoms with Crippen molar-refractivity contribution in [2.45, 2.75) is 5.16 Å². The number of para-hydroxylation sites is 1. The van der Waals surface area contributed by atoms with E-state index in [-0.39, 0.29) is 17.6 Å². The number of nitrogens with zero attached hydrogens (tertiary/aromatic N) is 3. The number of rotatable bonds is 5. The van der Waals surface area contributed by atoms with Gasteiger partial charge in [0.25, 0.3) is 5.95 Å². The highest BCUT2D eigenvalue weighted by molar-refractivity contribution is 7.99. The van der Waals surface area contributed by atoms with E-state index < -0.39 is 0 Å². The SMILES string of the molecule is NNc1nnc(SCC(=O)Nc2ccccc2)n1N. The number of nitrogen functional groups attached to an aromatic ring is 2. The van der Waals surface area contributed by atoms with E-state index in [1.165, 1.54) is 16.4 Å². The van der Waals surface area contributed by atoms with Crippen LogP contribution in [0.3, 0.4) is 0 Å². The van der Waals surface area contributed by atoms with Gasteiger partial charge < -0.3 is 11.2 Å². The fraction of sp³-hybridized carbons (Fsp3) is 0.100. The first-order valence-corrected chi connectivity index (χ1v) is 6.34. The summed E-state index contributed by atoms with van der Waals surface area (Å²) in [6.45, 7) is 0. The van der Waals surface area contributed by atoms with Crippen molar-refractivity contribution >= 4 is 29.3 Å². The van der Waals surface area contributed by atoms with Gasteiger partial charge in [0, 0.05) is 5.69 Å². The van der Waals surface area contributed by atoms with E-state index in [9.17, 15) is 4.79 Å². The van der Waals surface area contributed by atoms with E-state index in [0.29, 0.717) is 5.16 Å². The largest absolute Gasteiger partial charge is 0.334 e. The molecule has 0 bridgehead atoms. The zero-order valence-electron chi connectivity index (χ0n) is 9.91. The predicted molar refractivity (Wildman–Crippen MR) is 73.8 cm³/mol. The van der Waals surface area contributed by atoms with Crippen molar-refractivity contribution in [3.8, 4) is 0 Å². The van der Waals surface area contributed by atoms with Crippen LogP contribution in [0, 0.1) is 0 Å². The lowest BCUT2D eigenvalue weighted by atomic mass is 10.3. The van der Waals surface area contributed by atoms with Crippen LogP contribution in [0.1, 0.15) is 0 Å². The zero-order valence-corrected chi connectivity index (χ0v) is 10.7. The Balaban J connectivity index is 1.88. The third kappa shape index (κ3) is 3.36. The van der Waals surface area contributed by atoms with Crippen LogP contribution in [0.4, 0.5) is 11.6 Å². The number of amides is 1. The lowest BCUT2D eigenvalue weighted by Crippen LogP contribution is -2.19. The summed E-state index contributed by atoms with van der Waals surface area (Å²) in [6.07, 6.45) is 0. The van der Waals surface area contributed by atoms with Gasteiger partial charge in [-0.15, -0.1) is 10.2 Å². The van der Waals surface area contributed by atoms with Gasteiger partial charge in [0.1, 0.15) is 0 Å². The Morgan fingerprint density at radius 2 is 2.05 bits per heavy atom. The number of benzene rings is 1. The highest BCUT2D eigenvalue weighted by Crippen LogP contribution is 2.16. The molecule has 0 saturated carbocycles. The molecule has 1 amide bonds. The molecule has 8 nitrogen and oxygen atoms in total. The number of nitrogens with two attached hydrogens (primary N) is 2. The van der Waals surface area contributed by atoms with Gasteiger partial charge >= 0.3 is 0 Å². The fourth-order valence-corrected chi connectivity index (χ4v) is 1.98. The maximum Gasteiger partial charge on any atom is 0.258 e. The van der Waals surface area contributed by atoms with E-state index in [1.807, 2.05) is 30.3 Å². The van der Waals surface area contributed by atoms with Gasteiger partial charge in [-0.3, -0.25) is 10.2 Å². The summed E-state index contributed by atoms with van der Waals surface area (Å²) in [5.74, 6) is 11.1. The molecule has 0 aliphatic rings. The summed E-state index contributed by atoms with van der Waals surface area (Å²) in [5, 5.41) is 10.6. The third-order valence-electron chi connectivity index (χ3n) is 2.18. The number of hydrogen-bond acceptors (Lipinski definition) is 7. The van der Waals surface area contributed by atoms with Crippen molar-refractivity contribution in [1.82, 2.24) is 14.9 Å². The Morgan fingerprint density at radius 1 is 1.32 bits per heavy atom. The van der Waals surface area contributed by atoms with Crippen LogP contribution in [0.15, 0.2) is 35.5 Å². The smallest absolute Gasteiger partial charge is 0.258 e. The van der Waals surface area contributed by atoms with Gasteiger partial charge in [0.05, 0.1) is 5.75 Å². The second-order valence-electron chi connectivity index (χ2n) is 3.52. The van der Waals surface area contributed by atoms with E-state index in [4.69, 9.17) is 11.7 Å². The molecule has 0 atom stereocenters. The molecule has 1 aromatic carbocycles. The van der Waals surface area contributed by atoms with Crippen LogP contribution in [0.5, 0.6) is 0 Å². The average molecular weight is 279 g/mol. The molecule has 2 rings (SSSR count). The van der Waals surface area contributed by atoms with Crippen molar-refractivity contribution < 1.29 is 4.79 Å². The Hall–Kier alpha value is -2.26. The molecular formula is C10H13N7OS. The van der Waals surface area contributed by atoms with Crippen LogP contribution < -0.4 is 22.4 Å². The average Bonchev–Trinajstić information content (AvgIpc) is 2.78. The number of aromatic nitrogens is 3. The molecule has 0 aliphatic heterocycles. The molecule has 0 saturated heterocycles. The van der Waals surface area contributed by atoms with Gasteiger partial charge in [-0.25, -0.2) is 10.5 Å². The van der Waals surface area contributed by atoms with Gasteiger partial charge in [0.15, 0.2) is 0 Å². The quantitative estimate of drug-likeness (QED) is 0.345. The first-order valence-electron chi connectivity index (χ1n) is 5.35. The van der Waals surface area contributed by atoms with E-state index in [0.717, 1.165) is 5.69 Å². The van der Waals surface area contributed by atoms with Gasteiger partial charge in [-0.2, -0.15) is 0 Å². The minimum absolute atomic E-state index is 0.151. The number of anilines is 2. The van der Waals surface area contributed by atoms with E-state index in [1.54, 1.807) is 0 Å². The van der Waals surface area contributed by atoms with Crippen LogP contribution in [0.25, 0.3) is 0 Å². The maximum absolute atomic E-state index is 11.7. The molecular weight excluding hydrogens is 266 g/mol. The molecule has 19 heavy (non-hydrogen) atoms. The molecule has 0 unspecified atom stereocenters. The third-order valence-corrected chi connectivity index (χ3v) is 3.13. The molecule has 2 aromatic rings. The molecule has 100 valence electrons. The van der Waals surface area contributed by atoms with Gasteiger partial charge in [0.2, 0.25) is 11.1 Å². The lowest BCUT2D eigenvalue weighted by Gasteiger charge is -2.04. The van der Waals surface area contributed by atoms with Crippen molar-refractivity contribution in [1.29, 1.82) is 0 Å². The second kappa shape index (κ2) is 6.07. The predicted octanol–water partition coefficient (Wildman–Crippen LogP) is 0.00830. The first-order chi connectivity index (χ1) is 9.20. The normalized spacial score (nSPS) is 10.2. The minimum atomic E-state index is -0.151. The van der Waals surface area contributed by atoms with Crippen LogP contribution >= 0.6 is 11.8 Å². The molecule has 1 aromatic heterocycles. The molecule has 9 heteroatoms. The summed E-state index contributed by atoms with van der Waals surface area (Å²) in [5.41, 5.74) is 3.04. The maximum atomic E-state index is 11.7. The Morgan fingerprint density at radius 3 is 2.68 bits per heavy atom. The van der Waals surface area contributed by atoms with Crippen molar-refractivity contribution in [2.24, 2.45) is 5.84 Å². The van der Waals surface area contributed by atoms with Gasteiger partial charge in [-0.05, 0) is 12.1 Å². The van der Waals surface area contributed by atoms with E-state index in [2.05, 4.69) is 20.9 Å². The molecule has 6 N–H and O–H groups in total. The molecule has 0 fully saturated rings. The molecule has 0 aliphatic carbocycles. The van der Waals surface area contributed by atoms with Crippen molar-refractivity contribution in [3.05, 3.63) is 30.3 Å². The van der Waals surface area contributed by atoms with E-state index >= 15 is 0 Å². The number of thioether (sulfide) groups is 1. The first kappa shape index (κ1) is 13.2. The van der Waals surface area contributed by atoms with Gasteiger partial charge in [-0.1, -0.05) is 30.0 Å². The Kier molecular flexibility index (Phi) is 4.21. The summed E-state index contributed by atoms with van der Waals surface area (Å²) in [7, 11) is 0. The lowest BCUT2D eigenvalue weighted by molar-refractivity contribution is -0.113. The Bertz CT molecular complexity index is 556. The van der Waals surface area contributed by atoms with Crippen LogP contribution in [-0.2, 0) is 4.79 Å². The molecule has 0 spiro atoms. The number of hydrogen-bond donors (Lipinski definition) is 4. The monoisotopic (exact) mass is 279 g/mol. The molecule has 1 heterocycles. The summed E-state index contributed by atoms with van der Waals surface area (Å²) in [4.78, 5) is 11.7. The fourth-order valence-electron chi connectivity index (χ4n) is 1.32. The van der Waals surface area contributed by atoms with Crippen molar-refractivity contribution in [2.75, 3.05) is 22.3 Å². The summed E-state index contributed by atoms with van der Waals surface area (Å²) >= 11 is 1.17. The van der Waals surface area contributed by atoms with Crippen molar-refractivity contribution in [3.63, 3.8) is 0 Å². The number of carbonyl (C=O) groups is 1. The van der Waals surface area contributed by atoms with Crippen LogP contribution in [-0.4, -0.2) is 26.5 Å². The number of hydrazine groups is 1. The second-order valence-corrected chi connectivity index (χ2v) is 4.47. The zero-order chi connectivity index (χ0) is 13.7. The highest BCUT2D eigenvalue weighted by atomic mass is 32.2. The molecule has 0 radical (unpaired) electrons. The number of nitrogens with one attached hydrogen (secondary N) is 2. The Labute approximate surface area is 113 Å². The van der Waals surface area contributed by atoms with Crippen LogP contribution in [0.2, 0.25) is 0 Å².